The van der Waals surface area contributed by atoms with Crippen LogP contribution in [0, 0.1) is 0 Å². The first-order valence-corrected chi connectivity index (χ1v) is 7.41. The summed E-state index contributed by atoms with van der Waals surface area (Å²) in [5, 5.41) is 15.3. The van der Waals surface area contributed by atoms with Gasteiger partial charge in [-0.1, -0.05) is 12.1 Å². The lowest BCUT2D eigenvalue weighted by Crippen LogP contribution is -2.35. The molecule has 5 nitrogen and oxygen atoms in total. The number of nitrogens with one attached hydrogen (secondary N) is 2. The fourth-order valence-corrected chi connectivity index (χ4v) is 2.59. The number of β-amino-alcohol motifs (C(OH)–C–C–N with tert-alkyl or cyclic N) is 1. The molecule has 1 aromatic heterocycles. The number of aliphatic hydroxyl groups is 1. The maximum Gasteiger partial charge on any atom is 0.241 e. The Kier molecular flexibility index (Phi) is 4.46. The predicted molar refractivity (Wildman–Crippen MR) is 84.5 cm³/mol. The van der Waals surface area contributed by atoms with Crippen LogP contribution in [0.4, 0.5) is 5.69 Å². The Bertz CT molecular complexity index is 628. The monoisotopic (exact) mass is 297 g/mol. The molecule has 0 saturated carbocycles. The van der Waals surface area contributed by atoms with Gasteiger partial charge in [-0.3, -0.25) is 9.78 Å². The Labute approximate surface area is 129 Å². The van der Waals surface area contributed by atoms with Gasteiger partial charge in [-0.15, -0.1) is 0 Å². The quantitative estimate of drug-likeness (QED) is 0.796. The van der Waals surface area contributed by atoms with Crippen LogP contribution in [0.5, 0.6) is 0 Å². The summed E-state index contributed by atoms with van der Waals surface area (Å²) >= 11 is 0. The average molecular weight is 297 g/mol. The van der Waals surface area contributed by atoms with Crippen LogP contribution in [0.25, 0.3) is 0 Å². The minimum atomic E-state index is -0.432. The van der Waals surface area contributed by atoms with Gasteiger partial charge in [0.25, 0.3) is 0 Å². The molecule has 1 aliphatic heterocycles. The highest BCUT2D eigenvalue weighted by Gasteiger charge is 2.27. The summed E-state index contributed by atoms with van der Waals surface area (Å²) < 4.78 is 0. The van der Waals surface area contributed by atoms with E-state index < -0.39 is 6.10 Å². The zero-order chi connectivity index (χ0) is 15.4. The summed E-state index contributed by atoms with van der Waals surface area (Å²) in [4.78, 5) is 16.1. The van der Waals surface area contributed by atoms with Crippen LogP contribution in [-0.2, 0) is 11.2 Å². The molecule has 3 N–H and O–H groups in total. The molecule has 1 fully saturated rings. The van der Waals surface area contributed by atoms with Gasteiger partial charge >= 0.3 is 0 Å². The minimum absolute atomic E-state index is 0.0987. The summed E-state index contributed by atoms with van der Waals surface area (Å²) in [5.74, 6) is -0.0987. The van der Waals surface area contributed by atoms with Crippen LogP contribution in [0.3, 0.4) is 0 Å². The Morgan fingerprint density at radius 1 is 1.18 bits per heavy atom. The molecule has 22 heavy (non-hydrogen) atoms. The number of hydrogen-bond donors (Lipinski definition) is 3. The van der Waals surface area contributed by atoms with Crippen molar-refractivity contribution >= 4 is 11.6 Å². The van der Waals surface area contributed by atoms with Crippen molar-refractivity contribution in [2.45, 2.75) is 25.0 Å². The van der Waals surface area contributed by atoms with Crippen LogP contribution >= 0.6 is 0 Å². The highest BCUT2D eigenvalue weighted by Crippen LogP contribution is 2.15. The van der Waals surface area contributed by atoms with Gasteiger partial charge in [0.2, 0.25) is 5.91 Å². The van der Waals surface area contributed by atoms with E-state index in [1.165, 1.54) is 11.1 Å². The lowest BCUT2D eigenvalue weighted by atomic mass is 10.1. The van der Waals surface area contributed by atoms with Gasteiger partial charge < -0.3 is 15.7 Å². The van der Waals surface area contributed by atoms with E-state index in [2.05, 4.69) is 15.6 Å². The fraction of sp³-hybridized carbons (Fsp3) is 0.294. The third kappa shape index (κ3) is 3.69. The molecular weight excluding hydrogens is 278 g/mol. The number of nitrogens with zero attached hydrogens (tertiary/aromatic N) is 1. The molecule has 2 aromatic rings. The van der Waals surface area contributed by atoms with E-state index in [0.717, 1.165) is 12.1 Å². The van der Waals surface area contributed by atoms with Gasteiger partial charge in [-0.05, 0) is 48.2 Å². The van der Waals surface area contributed by atoms with Crippen molar-refractivity contribution in [1.82, 2.24) is 10.3 Å². The molecule has 1 saturated heterocycles. The maximum absolute atomic E-state index is 12.0. The molecule has 0 spiro atoms. The third-order valence-electron chi connectivity index (χ3n) is 3.80. The first-order chi connectivity index (χ1) is 10.7. The first kappa shape index (κ1) is 14.7. The maximum atomic E-state index is 12.0. The Morgan fingerprint density at radius 2 is 1.86 bits per heavy atom. The summed E-state index contributed by atoms with van der Waals surface area (Å²) in [6.45, 7) is 0.475. The van der Waals surface area contributed by atoms with E-state index in [9.17, 15) is 9.90 Å². The van der Waals surface area contributed by atoms with Crippen molar-refractivity contribution in [1.29, 1.82) is 0 Å². The molecule has 1 amide bonds. The highest BCUT2D eigenvalue weighted by atomic mass is 16.3. The largest absolute Gasteiger partial charge is 0.392 e. The van der Waals surface area contributed by atoms with Crippen molar-refractivity contribution < 1.29 is 9.90 Å². The second-order valence-electron chi connectivity index (χ2n) is 5.57. The summed E-state index contributed by atoms with van der Waals surface area (Å²) in [6.07, 6.45) is 4.44. The fourth-order valence-electron chi connectivity index (χ4n) is 2.59. The number of hydrogen-bond acceptors (Lipinski definition) is 4. The molecule has 2 heterocycles. The third-order valence-corrected chi connectivity index (χ3v) is 3.80. The van der Waals surface area contributed by atoms with Crippen molar-refractivity contribution in [3.8, 4) is 0 Å². The van der Waals surface area contributed by atoms with Crippen LogP contribution < -0.4 is 10.6 Å². The number of anilines is 1. The summed E-state index contributed by atoms with van der Waals surface area (Å²) in [5.41, 5.74) is 3.15. The molecule has 5 heteroatoms. The Balaban J connectivity index is 1.58. The number of amides is 1. The zero-order valence-electron chi connectivity index (χ0n) is 12.2. The first-order valence-electron chi connectivity index (χ1n) is 7.41. The van der Waals surface area contributed by atoms with Crippen LogP contribution in [0.1, 0.15) is 17.5 Å². The van der Waals surface area contributed by atoms with Crippen LogP contribution in [0.15, 0.2) is 48.8 Å². The standard InChI is InChI=1S/C17H19N3O2/c21-15-10-16(19-11-15)17(22)20-14-3-1-12(2-4-14)9-13-5-7-18-8-6-13/h1-8,15-16,19,21H,9-11H2,(H,20,22). The summed E-state index contributed by atoms with van der Waals surface area (Å²) in [7, 11) is 0. The number of carbonyl (C=O) groups is 1. The van der Waals surface area contributed by atoms with Crippen molar-refractivity contribution in [2.75, 3.05) is 11.9 Å². The number of aromatic nitrogens is 1. The molecule has 114 valence electrons. The number of aliphatic hydroxyl groups excluding tert-OH is 1. The smallest absolute Gasteiger partial charge is 0.241 e. The molecule has 2 atom stereocenters. The number of pyridine rings is 1. The molecule has 1 aliphatic rings. The van der Waals surface area contributed by atoms with Gasteiger partial charge in [0.15, 0.2) is 0 Å². The van der Waals surface area contributed by atoms with Crippen molar-refractivity contribution in [3.63, 3.8) is 0 Å². The molecular formula is C17H19N3O2. The lowest BCUT2D eigenvalue weighted by Gasteiger charge is -2.11. The normalized spacial score (nSPS) is 20.8. The molecule has 0 aliphatic carbocycles. The highest BCUT2D eigenvalue weighted by molar-refractivity contribution is 5.95. The Hall–Kier alpha value is -2.24. The molecule has 2 unspecified atom stereocenters. The van der Waals surface area contributed by atoms with E-state index in [4.69, 9.17) is 0 Å². The second-order valence-corrected chi connectivity index (χ2v) is 5.57. The van der Waals surface area contributed by atoms with Gasteiger partial charge in [-0.25, -0.2) is 0 Å². The minimum Gasteiger partial charge on any atom is -0.392 e. The zero-order valence-corrected chi connectivity index (χ0v) is 12.2. The van der Waals surface area contributed by atoms with E-state index in [1.54, 1.807) is 12.4 Å². The van der Waals surface area contributed by atoms with Gasteiger partial charge in [0.05, 0.1) is 12.1 Å². The van der Waals surface area contributed by atoms with Gasteiger partial charge in [0, 0.05) is 24.6 Å². The summed E-state index contributed by atoms with van der Waals surface area (Å²) in [6, 6.07) is 11.5. The second kappa shape index (κ2) is 6.68. The topological polar surface area (TPSA) is 74.2 Å². The SMILES string of the molecule is O=C(Nc1ccc(Cc2ccncc2)cc1)C1CC(O)CN1. The lowest BCUT2D eigenvalue weighted by molar-refractivity contribution is -0.117. The Morgan fingerprint density at radius 3 is 2.50 bits per heavy atom. The van der Waals surface area contributed by atoms with E-state index in [0.29, 0.717) is 13.0 Å². The van der Waals surface area contributed by atoms with Crippen molar-refractivity contribution in [3.05, 3.63) is 59.9 Å². The van der Waals surface area contributed by atoms with Crippen LogP contribution in [0.2, 0.25) is 0 Å². The molecule has 0 radical (unpaired) electrons. The van der Waals surface area contributed by atoms with Crippen molar-refractivity contribution in [2.24, 2.45) is 0 Å². The van der Waals surface area contributed by atoms with E-state index in [1.807, 2.05) is 36.4 Å². The molecule has 3 rings (SSSR count). The molecule has 1 aromatic carbocycles. The molecule has 0 bridgehead atoms. The number of benzene rings is 1. The van der Waals surface area contributed by atoms with Crippen LogP contribution in [-0.4, -0.2) is 34.7 Å². The van der Waals surface area contributed by atoms with E-state index in [-0.39, 0.29) is 11.9 Å². The predicted octanol–water partition coefficient (Wildman–Crippen LogP) is 1.33. The van der Waals surface area contributed by atoms with Gasteiger partial charge in [0.1, 0.15) is 0 Å². The average Bonchev–Trinajstić information content (AvgIpc) is 2.97. The van der Waals surface area contributed by atoms with Gasteiger partial charge in [-0.2, -0.15) is 0 Å². The van der Waals surface area contributed by atoms with E-state index >= 15 is 0 Å². The number of rotatable bonds is 4. The number of carbonyl (C=O) groups excluding carboxylic acids is 1.